The highest BCUT2D eigenvalue weighted by molar-refractivity contribution is 8.07. The van der Waals surface area contributed by atoms with Crippen LogP contribution in [0.2, 0.25) is 0 Å². The van der Waals surface area contributed by atoms with Crippen molar-refractivity contribution < 1.29 is 94.6 Å². The van der Waals surface area contributed by atoms with Gasteiger partial charge >= 0.3 is 31.5 Å². The van der Waals surface area contributed by atoms with Gasteiger partial charge in [0.25, 0.3) is 0 Å². The molecule has 7 heterocycles. The van der Waals surface area contributed by atoms with Crippen LogP contribution in [0.25, 0.3) is 22.3 Å². The summed E-state index contributed by atoms with van der Waals surface area (Å²) in [7, 11) is 0. The van der Waals surface area contributed by atoms with Gasteiger partial charge in [0, 0.05) is 56.4 Å². The van der Waals surface area contributed by atoms with Gasteiger partial charge in [0.05, 0.1) is 31.7 Å². The molecule has 5 amide bonds. The molecule has 8 rings (SSSR count). The number of amides is 5. The van der Waals surface area contributed by atoms with Gasteiger partial charge in [-0.1, -0.05) is 45.7 Å². The number of primary amides is 1. The third-order valence-corrected chi connectivity index (χ3v) is 17.9. The van der Waals surface area contributed by atoms with E-state index in [9.17, 15) is 43.3 Å². The lowest BCUT2D eigenvalue weighted by Crippen LogP contribution is -2.45. The number of anilines is 3. The quantitative estimate of drug-likeness (QED) is 0.0169. The molecule has 0 aliphatic carbocycles. The number of nitrogens with zero attached hydrogens (tertiary/aromatic N) is 8. The minimum Gasteiger partial charge on any atom is -0.481 e. The normalized spacial score (nSPS) is 24.9. The monoisotopic (exact) mass is 1380 g/mol. The SMILES string of the molecule is CC(CC(=O)O)C(=O)CCCCCCC(=O)NC(C(=O)C[C@@H](CCCNC(N)=O)C(=O)Nc1ccc(COC(=O)NCCCNc2ncnc3c2ncn3[C@@H]2O[C@@H]3OOP(O)(=S)O[C@H]4[C@@H](F)[C@H](n5cnc6c(N)ncnc65)O[C@@H]4COP(O)(=S)O[C@H]3[C@H]2F)cc1)C(C)C. The standard InChI is InChI=1S/C54H73F2N15O18P2S2/c1-28(2)40(69-36(74)12-7-5-4-6-11-33(72)29(3)20-37(75)76)34(73)21-31(10-8-17-60-53(58)78)49(77)68-32-15-13-30(14-16-32)22-82-54(79)61-19-9-18-59-46-42-48(65-25-63-46)71(27-67-42)51-39(56)44-52(85-51)86-89-91(81,93)87-43-35(23-83-90(80,92)88-44)84-50(38(43)55)70-26-66-41-45(57)62-24-64-47(41)70/h13-16,24-29,31,35,38-40,43-44,50-52H,4-12,17-23H2,1-3H3,(H,61,79)(H,68,77)(H,69,74)(H,75,76)(H,80,92)(H,81,93)(H2,57,62,64)(H3,58,60,78)(H,59,63,65)/t29?,31-,35-,38-,39-,40?,43-,44+,50-,51-,52-,90?,91?/m1/s1. The summed E-state index contributed by atoms with van der Waals surface area (Å²) < 4.78 is 74.1. The predicted molar refractivity (Wildman–Crippen MR) is 331 cm³/mol. The number of hydrogen-bond acceptors (Lipinski definition) is 25. The summed E-state index contributed by atoms with van der Waals surface area (Å²) in [6.45, 7) is -4.20. The van der Waals surface area contributed by atoms with Gasteiger partial charge in [-0.25, -0.2) is 48.3 Å². The first-order valence-corrected chi connectivity index (χ1v) is 34.8. The number of unbranched alkanes of at least 4 members (excludes halogenated alkanes) is 3. The number of nitrogens with one attached hydrogen (secondary N) is 5. The van der Waals surface area contributed by atoms with Crippen LogP contribution in [0.1, 0.15) is 109 Å². The highest BCUT2D eigenvalue weighted by atomic mass is 32.5. The smallest absolute Gasteiger partial charge is 0.407 e. The molecule has 0 spiro atoms. The number of carboxylic acid groups (broad SMARTS) is 1. The first-order valence-electron chi connectivity index (χ1n) is 29.6. The van der Waals surface area contributed by atoms with E-state index in [1.54, 1.807) is 45.0 Å². The number of nitrogens with two attached hydrogens (primary N) is 2. The van der Waals surface area contributed by atoms with Crippen molar-refractivity contribution >= 4 is 118 Å². The van der Waals surface area contributed by atoms with Gasteiger partial charge in [-0.15, -0.1) is 4.67 Å². The van der Waals surface area contributed by atoms with Crippen molar-refractivity contribution in [3.8, 4) is 0 Å². The van der Waals surface area contributed by atoms with Crippen LogP contribution in [0.4, 0.5) is 35.7 Å². The molecule has 3 aliphatic rings. The molecule has 12 N–H and O–H groups in total. The average Bonchev–Trinajstić information content (AvgIpc) is 1.62. The number of imidazole rings is 2. The van der Waals surface area contributed by atoms with Gasteiger partial charge in [0.15, 0.2) is 65.1 Å². The fourth-order valence-corrected chi connectivity index (χ4v) is 12.9. The summed E-state index contributed by atoms with van der Waals surface area (Å²) >= 11 is 10.4. The van der Waals surface area contributed by atoms with Crippen LogP contribution in [0.15, 0.2) is 49.6 Å². The Bertz CT molecular complexity index is 3570. The molecular formula is C54H73F2N15O18P2S2. The number of nitrogen functional groups attached to an aromatic ring is 1. The van der Waals surface area contributed by atoms with Gasteiger partial charge in [-0.2, -0.15) is 4.89 Å². The van der Waals surface area contributed by atoms with E-state index in [2.05, 4.69) is 56.5 Å². The molecule has 39 heteroatoms. The summed E-state index contributed by atoms with van der Waals surface area (Å²) in [5.74, 6) is -3.79. The highest BCUT2D eigenvalue weighted by Gasteiger charge is 2.55. The highest BCUT2D eigenvalue weighted by Crippen LogP contribution is 2.55. The Morgan fingerprint density at radius 2 is 1.41 bits per heavy atom. The summed E-state index contributed by atoms with van der Waals surface area (Å²) in [5.41, 5.74) is 12.5. The van der Waals surface area contributed by atoms with Crippen molar-refractivity contribution in [2.24, 2.45) is 23.5 Å². The van der Waals surface area contributed by atoms with Crippen LogP contribution in [0.5, 0.6) is 0 Å². The van der Waals surface area contributed by atoms with E-state index in [1.165, 1.54) is 28.1 Å². The number of aliphatic carboxylic acids is 1. The Hall–Kier alpha value is -6.99. The molecule has 5 aromatic rings. The van der Waals surface area contributed by atoms with Gasteiger partial charge in [0.1, 0.15) is 42.8 Å². The molecule has 4 unspecified atom stereocenters. The molecule has 0 saturated carbocycles. The number of urea groups is 1. The molecule has 33 nitrogen and oxygen atoms in total. The summed E-state index contributed by atoms with van der Waals surface area (Å²) in [5, 5.41) is 22.8. The number of carbonyl (C=O) groups excluding carboxylic acids is 6. The Kier molecular flexibility index (Phi) is 25.4. The fraction of sp³-hybridized carbons (Fsp3) is 0.574. The van der Waals surface area contributed by atoms with Gasteiger partial charge in [-0.05, 0) is 79.3 Å². The van der Waals surface area contributed by atoms with E-state index in [4.69, 9.17) is 77.5 Å². The minimum atomic E-state index is -4.59. The summed E-state index contributed by atoms with van der Waals surface area (Å²) in [4.78, 5) is 140. The third kappa shape index (κ3) is 19.8. The molecule has 3 saturated heterocycles. The van der Waals surface area contributed by atoms with E-state index in [1.807, 2.05) is 0 Å². The van der Waals surface area contributed by atoms with E-state index in [-0.39, 0.29) is 116 Å². The molecule has 93 heavy (non-hydrogen) atoms. The average molecular weight is 1380 g/mol. The molecule has 0 radical (unpaired) electrons. The Morgan fingerprint density at radius 1 is 0.763 bits per heavy atom. The number of halogens is 2. The number of alkyl halides is 2. The van der Waals surface area contributed by atoms with E-state index in [0.717, 1.165) is 6.33 Å². The van der Waals surface area contributed by atoms with Crippen molar-refractivity contribution in [2.75, 3.05) is 42.6 Å². The summed E-state index contributed by atoms with van der Waals surface area (Å²) in [6.07, 6.45) is -7.29. The second-order valence-corrected chi connectivity index (χ2v) is 27.9. The predicted octanol–water partition coefficient (Wildman–Crippen LogP) is 4.71. The maximum Gasteiger partial charge on any atom is 0.407 e. The number of alkyl carbamates (subject to hydrolysis) is 1. The molecular weight excluding hydrogens is 1310 g/mol. The molecule has 3 fully saturated rings. The van der Waals surface area contributed by atoms with Crippen molar-refractivity contribution in [3.05, 3.63) is 55.1 Å². The first-order chi connectivity index (χ1) is 44.3. The maximum atomic E-state index is 16.6. The number of ketones is 2. The van der Waals surface area contributed by atoms with Crippen molar-refractivity contribution in [1.82, 2.24) is 55.0 Å². The lowest BCUT2D eigenvalue weighted by molar-refractivity contribution is -0.336. The number of benzene rings is 1. The number of Topliss-reactive ketones (excluding diaryl/α,β-unsaturated/α-hetero) is 2. The number of carbonyl (C=O) groups is 7. The minimum absolute atomic E-state index is 0.0103. The van der Waals surface area contributed by atoms with Crippen molar-refractivity contribution in [3.63, 3.8) is 0 Å². The van der Waals surface area contributed by atoms with Crippen LogP contribution in [-0.2, 0) is 91.5 Å². The first kappa shape index (κ1) is 71.9. The molecule has 3 aliphatic heterocycles. The second-order valence-electron chi connectivity index (χ2n) is 22.5. The van der Waals surface area contributed by atoms with Crippen LogP contribution in [-0.4, -0.2) is 165 Å². The number of ether oxygens (including phenoxy) is 3. The second kappa shape index (κ2) is 32.9. The summed E-state index contributed by atoms with van der Waals surface area (Å²) in [6, 6.07) is 4.84. The lowest BCUT2D eigenvalue weighted by Gasteiger charge is -2.29. The molecule has 1 aromatic carbocycles. The van der Waals surface area contributed by atoms with Crippen molar-refractivity contribution in [1.29, 1.82) is 0 Å². The zero-order valence-electron chi connectivity index (χ0n) is 50.5. The fourth-order valence-electron chi connectivity index (χ4n) is 10.3. The van der Waals surface area contributed by atoms with Crippen LogP contribution >= 0.6 is 13.4 Å². The number of aromatic nitrogens is 8. The zero-order chi connectivity index (χ0) is 67.1. The van der Waals surface area contributed by atoms with Crippen LogP contribution in [0.3, 0.4) is 0 Å². The molecule has 4 aromatic heterocycles. The Labute approximate surface area is 540 Å². The number of hydrogen-bond donors (Lipinski definition) is 10. The van der Waals surface area contributed by atoms with Crippen LogP contribution < -0.4 is 38.1 Å². The number of carboxylic acids is 1. The van der Waals surface area contributed by atoms with E-state index in [0.29, 0.717) is 49.8 Å². The zero-order valence-corrected chi connectivity index (χ0v) is 53.9. The number of rotatable bonds is 30. The van der Waals surface area contributed by atoms with Crippen LogP contribution in [0, 0.1) is 17.8 Å². The maximum absolute atomic E-state index is 16.6. The number of fused-ring (bicyclic) bond motifs is 4. The third-order valence-electron chi connectivity index (χ3n) is 15.1. The molecule has 508 valence electrons. The van der Waals surface area contributed by atoms with Gasteiger partial charge < -0.3 is 71.7 Å². The molecule has 13 atom stereocenters. The van der Waals surface area contributed by atoms with E-state index >= 15 is 8.78 Å². The Morgan fingerprint density at radius 3 is 2.11 bits per heavy atom. The van der Waals surface area contributed by atoms with Crippen molar-refractivity contribution in [2.45, 2.75) is 153 Å². The lowest BCUT2D eigenvalue weighted by atomic mass is 9.89. The largest absolute Gasteiger partial charge is 0.481 e. The van der Waals surface area contributed by atoms with Gasteiger partial charge in [-0.3, -0.25) is 42.2 Å². The molecule has 0 bridgehead atoms. The topological polar surface area (TPSA) is 453 Å². The van der Waals surface area contributed by atoms with E-state index < -0.39 is 111 Å². The van der Waals surface area contributed by atoms with Gasteiger partial charge in [0.2, 0.25) is 18.1 Å². The Balaban J connectivity index is 0.774.